The third-order valence-corrected chi connectivity index (χ3v) is 2.71. The van der Waals surface area contributed by atoms with Gasteiger partial charge in [-0.25, -0.2) is 4.98 Å². The fraction of sp³-hybridized carbons (Fsp3) is 0.375. The molecule has 0 fully saturated rings. The Balaban J connectivity index is 2.17. The van der Waals surface area contributed by atoms with Gasteiger partial charge in [-0.2, -0.15) is 4.98 Å². The van der Waals surface area contributed by atoms with Crippen molar-refractivity contribution < 1.29 is 9.47 Å². The van der Waals surface area contributed by atoms with Crippen LogP contribution in [0.15, 0.2) is 36.4 Å². The van der Waals surface area contributed by atoms with E-state index in [4.69, 9.17) is 9.47 Å². The third-order valence-electron chi connectivity index (χ3n) is 2.71. The van der Waals surface area contributed by atoms with Crippen molar-refractivity contribution in [1.29, 1.82) is 0 Å². The average molecular weight is 287 g/mol. The summed E-state index contributed by atoms with van der Waals surface area (Å²) >= 11 is 0. The fourth-order valence-corrected chi connectivity index (χ4v) is 1.74. The van der Waals surface area contributed by atoms with Crippen molar-refractivity contribution in [2.75, 3.05) is 18.5 Å². The summed E-state index contributed by atoms with van der Waals surface area (Å²) in [7, 11) is 0. The zero-order chi connectivity index (χ0) is 14.9. The Morgan fingerprint density at radius 2 is 1.90 bits per heavy atom. The fourth-order valence-electron chi connectivity index (χ4n) is 1.74. The highest BCUT2D eigenvalue weighted by molar-refractivity contribution is 5.40. The van der Waals surface area contributed by atoms with Crippen LogP contribution in [0.4, 0.5) is 5.82 Å². The van der Waals surface area contributed by atoms with Gasteiger partial charge in [0, 0.05) is 19.2 Å². The van der Waals surface area contributed by atoms with E-state index >= 15 is 0 Å². The third kappa shape index (κ3) is 5.04. The quantitative estimate of drug-likeness (QED) is 0.803. The molecule has 0 spiro atoms. The molecule has 1 heterocycles. The van der Waals surface area contributed by atoms with Gasteiger partial charge >= 0.3 is 0 Å². The Hall–Kier alpha value is -2.14. The van der Waals surface area contributed by atoms with Gasteiger partial charge in [0.15, 0.2) is 5.82 Å². The summed E-state index contributed by atoms with van der Waals surface area (Å²) in [6.07, 6.45) is 1.03. The molecule has 0 saturated heterocycles. The molecule has 2 aromatic rings. The van der Waals surface area contributed by atoms with E-state index in [1.807, 2.05) is 37.3 Å². The number of nitrogens with one attached hydrogen (secondary N) is 1. The highest BCUT2D eigenvalue weighted by atomic mass is 16.5. The molecule has 0 aliphatic heterocycles. The number of anilines is 1. The van der Waals surface area contributed by atoms with Gasteiger partial charge in [0.05, 0.1) is 0 Å². The molecule has 0 radical (unpaired) electrons. The number of hydrogen-bond donors (Lipinski definition) is 1. The second-order valence-electron chi connectivity index (χ2n) is 4.49. The van der Waals surface area contributed by atoms with Crippen LogP contribution >= 0.6 is 0 Å². The van der Waals surface area contributed by atoms with Crippen molar-refractivity contribution in [1.82, 2.24) is 9.97 Å². The Morgan fingerprint density at radius 3 is 2.62 bits per heavy atom. The molecule has 0 saturated carbocycles. The van der Waals surface area contributed by atoms with Crippen LogP contribution in [0.3, 0.4) is 0 Å². The Morgan fingerprint density at radius 1 is 1.10 bits per heavy atom. The van der Waals surface area contributed by atoms with Gasteiger partial charge < -0.3 is 14.8 Å². The van der Waals surface area contributed by atoms with Crippen molar-refractivity contribution in [3.05, 3.63) is 42.2 Å². The minimum absolute atomic E-state index is 0.378. The number of benzene rings is 1. The first-order chi connectivity index (χ1) is 10.3. The van der Waals surface area contributed by atoms with Gasteiger partial charge in [-0.3, -0.25) is 0 Å². The van der Waals surface area contributed by atoms with E-state index in [1.165, 1.54) is 0 Å². The van der Waals surface area contributed by atoms with Crippen molar-refractivity contribution in [3.8, 4) is 11.6 Å². The minimum atomic E-state index is 0.378. The monoisotopic (exact) mass is 287 g/mol. The second-order valence-corrected chi connectivity index (χ2v) is 4.49. The number of hydrogen-bond acceptors (Lipinski definition) is 5. The maximum Gasteiger partial charge on any atom is 0.224 e. The predicted octanol–water partition coefficient (Wildman–Crippen LogP) is 3.63. The van der Waals surface area contributed by atoms with E-state index in [1.54, 1.807) is 6.07 Å². The molecule has 5 heteroatoms. The van der Waals surface area contributed by atoms with Crippen molar-refractivity contribution >= 4 is 5.82 Å². The van der Waals surface area contributed by atoms with Crippen LogP contribution in [0.5, 0.6) is 11.6 Å². The Labute approximate surface area is 125 Å². The molecular formula is C16H21N3O2. The molecule has 21 heavy (non-hydrogen) atoms. The summed E-state index contributed by atoms with van der Waals surface area (Å²) in [5, 5.41) is 3.25. The lowest BCUT2D eigenvalue weighted by atomic mass is 10.3. The van der Waals surface area contributed by atoms with Gasteiger partial charge in [-0.05, 0) is 25.5 Å². The highest BCUT2D eigenvalue weighted by Gasteiger charge is 2.06. The smallest absolute Gasteiger partial charge is 0.224 e. The number of rotatable bonds is 8. The van der Waals surface area contributed by atoms with Gasteiger partial charge in [-0.15, -0.1) is 0 Å². The van der Waals surface area contributed by atoms with Crippen LogP contribution in [0, 0.1) is 0 Å². The number of aromatic nitrogens is 2. The summed E-state index contributed by atoms with van der Waals surface area (Å²) < 4.78 is 11.1. The molecule has 1 aromatic carbocycles. The number of nitrogens with zero attached hydrogens (tertiary/aromatic N) is 2. The molecule has 2 rings (SSSR count). The van der Waals surface area contributed by atoms with Crippen molar-refractivity contribution in [3.63, 3.8) is 0 Å². The molecule has 0 atom stereocenters. The summed E-state index contributed by atoms with van der Waals surface area (Å²) in [5.74, 6) is 2.64. The molecule has 112 valence electrons. The SMILES string of the molecule is CCCNc1cc(Oc2ccccc2)nc(COCC)n1. The summed E-state index contributed by atoms with van der Waals surface area (Å²) in [4.78, 5) is 8.80. The standard InChI is InChI=1S/C16H21N3O2/c1-3-10-17-14-11-16(19-15(18-14)12-20-4-2)21-13-8-6-5-7-9-13/h5-9,11H,3-4,10,12H2,1-2H3,(H,17,18,19). The lowest BCUT2D eigenvalue weighted by Crippen LogP contribution is -2.07. The van der Waals surface area contributed by atoms with Gasteiger partial charge in [-0.1, -0.05) is 25.1 Å². The van der Waals surface area contributed by atoms with Crippen LogP contribution in [0.2, 0.25) is 0 Å². The van der Waals surface area contributed by atoms with E-state index in [0.717, 1.165) is 24.5 Å². The van der Waals surface area contributed by atoms with Gasteiger partial charge in [0.25, 0.3) is 0 Å². The van der Waals surface area contributed by atoms with E-state index in [9.17, 15) is 0 Å². The molecule has 5 nitrogen and oxygen atoms in total. The molecule has 1 aromatic heterocycles. The maximum atomic E-state index is 5.77. The summed E-state index contributed by atoms with van der Waals surface area (Å²) in [6.45, 7) is 5.92. The Bertz CT molecular complexity index is 520. The first kappa shape index (κ1) is 15.3. The Kier molecular flexibility index (Phi) is 5.97. The predicted molar refractivity (Wildman–Crippen MR) is 82.7 cm³/mol. The molecule has 0 bridgehead atoms. The molecule has 0 aliphatic carbocycles. The lowest BCUT2D eigenvalue weighted by Gasteiger charge is -2.10. The van der Waals surface area contributed by atoms with Crippen LogP contribution in [-0.4, -0.2) is 23.1 Å². The van der Waals surface area contributed by atoms with E-state index in [-0.39, 0.29) is 0 Å². The van der Waals surface area contributed by atoms with E-state index in [0.29, 0.717) is 24.9 Å². The first-order valence-corrected chi connectivity index (χ1v) is 7.24. The average Bonchev–Trinajstić information content (AvgIpc) is 2.52. The van der Waals surface area contributed by atoms with E-state index in [2.05, 4.69) is 22.2 Å². The van der Waals surface area contributed by atoms with Crippen LogP contribution in [0.1, 0.15) is 26.1 Å². The molecule has 1 N–H and O–H groups in total. The summed E-state index contributed by atoms with van der Waals surface area (Å²) in [6, 6.07) is 11.4. The normalized spacial score (nSPS) is 10.4. The van der Waals surface area contributed by atoms with Crippen molar-refractivity contribution in [2.45, 2.75) is 26.9 Å². The summed E-state index contributed by atoms with van der Waals surface area (Å²) in [5.41, 5.74) is 0. The maximum absolute atomic E-state index is 5.77. The van der Waals surface area contributed by atoms with Crippen LogP contribution in [-0.2, 0) is 11.3 Å². The lowest BCUT2D eigenvalue weighted by molar-refractivity contribution is 0.128. The van der Waals surface area contributed by atoms with Crippen LogP contribution in [0.25, 0.3) is 0 Å². The highest BCUT2D eigenvalue weighted by Crippen LogP contribution is 2.21. The minimum Gasteiger partial charge on any atom is -0.439 e. The zero-order valence-electron chi connectivity index (χ0n) is 12.5. The molecule has 0 aliphatic rings. The zero-order valence-corrected chi connectivity index (χ0v) is 12.5. The first-order valence-electron chi connectivity index (χ1n) is 7.24. The van der Waals surface area contributed by atoms with Gasteiger partial charge in [0.1, 0.15) is 18.2 Å². The number of para-hydroxylation sites is 1. The molecular weight excluding hydrogens is 266 g/mol. The van der Waals surface area contributed by atoms with Gasteiger partial charge in [0.2, 0.25) is 5.88 Å². The van der Waals surface area contributed by atoms with Crippen LogP contribution < -0.4 is 10.1 Å². The van der Waals surface area contributed by atoms with Crippen molar-refractivity contribution in [2.24, 2.45) is 0 Å². The molecule has 0 unspecified atom stereocenters. The molecule has 0 amide bonds. The van der Waals surface area contributed by atoms with E-state index < -0.39 is 0 Å². The second kappa shape index (κ2) is 8.21. The topological polar surface area (TPSA) is 56.3 Å². The number of ether oxygens (including phenoxy) is 2. The largest absolute Gasteiger partial charge is 0.439 e.